The van der Waals surface area contributed by atoms with Gasteiger partial charge in [-0.05, 0) is 37.0 Å². The van der Waals surface area contributed by atoms with E-state index in [0.29, 0.717) is 17.4 Å². The lowest BCUT2D eigenvalue weighted by Crippen LogP contribution is -2.35. The minimum Gasteiger partial charge on any atom is -0.267 e. The molecule has 3 rings (SSSR count). The van der Waals surface area contributed by atoms with Crippen LogP contribution in [0.25, 0.3) is 0 Å². The Kier molecular flexibility index (Phi) is 2.70. The molecular weight excluding hydrogens is 231 g/mol. The van der Waals surface area contributed by atoms with Gasteiger partial charge in [0.15, 0.2) is 0 Å². The van der Waals surface area contributed by atoms with E-state index >= 15 is 0 Å². The van der Waals surface area contributed by atoms with Gasteiger partial charge >= 0.3 is 0 Å². The second-order valence-electron chi connectivity index (χ2n) is 4.69. The van der Waals surface area contributed by atoms with Gasteiger partial charge in [0, 0.05) is 17.2 Å². The van der Waals surface area contributed by atoms with Gasteiger partial charge in [0.2, 0.25) is 0 Å². The summed E-state index contributed by atoms with van der Waals surface area (Å²) in [4.78, 5) is 11.7. The first-order valence-electron chi connectivity index (χ1n) is 6.03. The highest BCUT2D eigenvalue weighted by Crippen LogP contribution is 2.40. The molecule has 2 aliphatic rings. The van der Waals surface area contributed by atoms with E-state index in [1.165, 1.54) is 18.2 Å². The summed E-state index contributed by atoms with van der Waals surface area (Å²) in [6.07, 6.45) is 6.30. The highest BCUT2D eigenvalue weighted by Gasteiger charge is 2.37. The average Bonchev–Trinajstić information content (AvgIpc) is 2.71. The molecule has 1 fully saturated rings. The van der Waals surface area contributed by atoms with E-state index in [9.17, 15) is 9.18 Å². The third-order valence-electron chi connectivity index (χ3n) is 3.55. The SMILES string of the molecule is O=C(N/N=C1\C[C@@H]2C=CC[C@@H]12)c1cccc(F)c1. The lowest BCUT2D eigenvalue weighted by molar-refractivity contribution is 0.0953. The van der Waals surface area contributed by atoms with Gasteiger partial charge in [0.1, 0.15) is 5.82 Å². The number of carbonyl (C=O) groups excluding carboxylic acids is 1. The highest BCUT2D eigenvalue weighted by atomic mass is 19.1. The Morgan fingerprint density at radius 2 is 2.33 bits per heavy atom. The maximum atomic E-state index is 13.0. The van der Waals surface area contributed by atoms with Crippen LogP contribution in [-0.2, 0) is 0 Å². The van der Waals surface area contributed by atoms with Gasteiger partial charge in [0.25, 0.3) is 5.91 Å². The van der Waals surface area contributed by atoms with Crippen molar-refractivity contribution in [1.82, 2.24) is 5.43 Å². The van der Waals surface area contributed by atoms with Gasteiger partial charge in [-0.15, -0.1) is 0 Å². The number of hydrogen-bond donors (Lipinski definition) is 1. The quantitative estimate of drug-likeness (QED) is 0.630. The molecule has 18 heavy (non-hydrogen) atoms. The van der Waals surface area contributed by atoms with E-state index in [2.05, 4.69) is 22.7 Å². The molecule has 4 heteroatoms. The van der Waals surface area contributed by atoms with Gasteiger partial charge in [-0.3, -0.25) is 4.79 Å². The smallest absolute Gasteiger partial charge is 0.267 e. The summed E-state index contributed by atoms with van der Waals surface area (Å²) in [5.74, 6) is 0.294. The first kappa shape index (κ1) is 11.1. The molecule has 0 aromatic heterocycles. The van der Waals surface area contributed by atoms with Crippen molar-refractivity contribution >= 4 is 11.6 Å². The largest absolute Gasteiger partial charge is 0.271 e. The molecule has 2 aliphatic carbocycles. The van der Waals surface area contributed by atoms with E-state index in [4.69, 9.17) is 0 Å². The zero-order valence-corrected chi connectivity index (χ0v) is 9.77. The fraction of sp³-hybridized carbons (Fsp3) is 0.286. The maximum absolute atomic E-state index is 13.0. The van der Waals surface area contributed by atoms with Gasteiger partial charge in [-0.1, -0.05) is 18.2 Å². The van der Waals surface area contributed by atoms with Crippen LogP contribution < -0.4 is 5.43 Å². The monoisotopic (exact) mass is 244 g/mol. The number of amides is 1. The zero-order chi connectivity index (χ0) is 12.5. The van der Waals surface area contributed by atoms with Gasteiger partial charge in [-0.25, -0.2) is 9.82 Å². The van der Waals surface area contributed by atoms with Gasteiger partial charge in [0.05, 0.1) is 0 Å². The Morgan fingerprint density at radius 1 is 1.44 bits per heavy atom. The van der Waals surface area contributed by atoms with Crippen LogP contribution in [0.5, 0.6) is 0 Å². The van der Waals surface area contributed by atoms with E-state index in [1.807, 2.05) is 0 Å². The lowest BCUT2D eigenvalue weighted by atomic mass is 9.74. The van der Waals surface area contributed by atoms with Crippen LogP contribution in [0.3, 0.4) is 0 Å². The van der Waals surface area contributed by atoms with Crippen molar-refractivity contribution < 1.29 is 9.18 Å². The molecule has 2 atom stereocenters. The highest BCUT2D eigenvalue weighted by molar-refractivity contribution is 5.98. The predicted octanol–water partition coefficient (Wildman–Crippen LogP) is 2.51. The number of allylic oxidation sites excluding steroid dienone is 2. The average molecular weight is 244 g/mol. The number of rotatable bonds is 2. The molecule has 0 bridgehead atoms. The third kappa shape index (κ3) is 1.94. The summed E-state index contributed by atoms with van der Waals surface area (Å²) in [5.41, 5.74) is 3.82. The molecule has 1 amide bonds. The molecule has 0 aliphatic heterocycles. The summed E-state index contributed by atoms with van der Waals surface area (Å²) >= 11 is 0. The van der Waals surface area contributed by atoms with Crippen LogP contribution in [0.2, 0.25) is 0 Å². The Balaban J connectivity index is 1.64. The van der Waals surface area contributed by atoms with Crippen molar-refractivity contribution in [2.45, 2.75) is 12.8 Å². The molecule has 3 nitrogen and oxygen atoms in total. The fourth-order valence-corrected chi connectivity index (χ4v) is 2.48. The Bertz CT molecular complexity index is 550. The lowest BCUT2D eigenvalue weighted by Gasteiger charge is -2.31. The summed E-state index contributed by atoms with van der Waals surface area (Å²) in [5, 5.41) is 4.13. The second-order valence-corrected chi connectivity index (χ2v) is 4.69. The van der Waals surface area contributed by atoms with Crippen molar-refractivity contribution in [3.8, 4) is 0 Å². The predicted molar refractivity (Wildman–Crippen MR) is 66.7 cm³/mol. The molecule has 92 valence electrons. The molecule has 0 spiro atoms. The molecule has 1 aromatic carbocycles. The van der Waals surface area contributed by atoms with Crippen molar-refractivity contribution in [1.29, 1.82) is 0 Å². The number of hydrazone groups is 1. The molecule has 1 aromatic rings. The van der Waals surface area contributed by atoms with Crippen LogP contribution in [0.15, 0.2) is 41.5 Å². The number of nitrogens with one attached hydrogen (secondary N) is 1. The zero-order valence-electron chi connectivity index (χ0n) is 9.77. The van der Waals surface area contributed by atoms with Crippen LogP contribution >= 0.6 is 0 Å². The Morgan fingerprint density at radius 3 is 3.11 bits per heavy atom. The first-order valence-corrected chi connectivity index (χ1v) is 6.03. The molecular formula is C14H13FN2O. The van der Waals surface area contributed by atoms with Crippen molar-refractivity contribution in [2.24, 2.45) is 16.9 Å². The number of carbonyl (C=O) groups is 1. The summed E-state index contributed by atoms with van der Waals surface area (Å²) in [7, 11) is 0. The Hall–Kier alpha value is -1.97. The third-order valence-corrected chi connectivity index (χ3v) is 3.55. The summed E-state index contributed by atoms with van der Waals surface area (Å²) in [6.45, 7) is 0. The van der Waals surface area contributed by atoms with Crippen LogP contribution in [0.1, 0.15) is 23.2 Å². The van der Waals surface area contributed by atoms with E-state index in [1.54, 1.807) is 6.07 Å². The minimum atomic E-state index is -0.418. The van der Waals surface area contributed by atoms with Crippen LogP contribution in [0, 0.1) is 17.7 Å². The maximum Gasteiger partial charge on any atom is 0.271 e. The molecule has 0 radical (unpaired) electrons. The number of fused-ring (bicyclic) bond motifs is 1. The standard InChI is InChI=1S/C14H13FN2O/c15-11-5-1-4-10(7-11)14(18)17-16-13-8-9-3-2-6-12(9)13/h1-5,7,9,12H,6,8H2,(H,17,18)/b16-13+/t9-,12+/m0/s1. The number of hydrogen-bond acceptors (Lipinski definition) is 2. The van der Waals surface area contributed by atoms with Gasteiger partial charge in [-0.2, -0.15) is 5.10 Å². The first-order chi connectivity index (χ1) is 8.74. The van der Waals surface area contributed by atoms with Crippen molar-refractivity contribution in [2.75, 3.05) is 0 Å². The van der Waals surface area contributed by atoms with Crippen LogP contribution in [-0.4, -0.2) is 11.6 Å². The molecule has 0 saturated heterocycles. The normalized spacial score (nSPS) is 26.8. The number of nitrogens with zero attached hydrogens (tertiary/aromatic N) is 1. The Labute approximate surface area is 104 Å². The number of benzene rings is 1. The topological polar surface area (TPSA) is 41.5 Å². The van der Waals surface area contributed by atoms with Crippen molar-refractivity contribution in [3.05, 3.63) is 47.8 Å². The molecule has 1 N–H and O–H groups in total. The number of halogens is 1. The minimum absolute atomic E-state index is 0.291. The van der Waals surface area contributed by atoms with Crippen LogP contribution in [0.4, 0.5) is 4.39 Å². The second kappa shape index (κ2) is 4.37. The molecule has 0 unspecified atom stereocenters. The van der Waals surface area contributed by atoms with E-state index < -0.39 is 5.82 Å². The molecule has 1 saturated carbocycles. The van der Waals surface area contributed by atoms with E-state index in [0.717, 1.165) is 18.6 Å². The van der Waals surface area contributed by atoms with E-state index in [-0.39, 0.29) is 5.91 Å². The summed E-state index contributed by atoms with van der Waals surface area (Å²) in [6, 6.07) is 5.59. The van der Waals surface area contributed by atoms with Gasteiger partial charge < -0.3 is 0 Å². The van der Waals surface area contributed by atoms with Crippen molar-refractivity contribution in [3.63, 3.8) is 0 Å². The summed E-state index contributed by atoms with van der Waals surface area (Å²) < 4.78 is 13.0. The molecule has 0 heterocycles. The fourth-order valence-electron chi connectivity index (χ4n) is 2.48.